The highest BCUT2D eigenvalue weighted by atomic mass is 32.1. The van der Waals surface area contributed by atoms with Gasteiger partial charge >= 0.3 is 5.97 Å². The highest BCUT2D eigenvalue weighted by Gasteiger charge is 2.20. The molecule has 0 unspecified atom stereocenters. The number of rotatable bonds is 6. The quantitative estimate of drug-likeness (QED) is 0.337. The van der Waals surface area contributed by atoms with Crippen molar-refractivity contribution in [3.63, 3.8) is 0 Å². The molecule has 5 rings (SSSR count). The summed E-state index contributed by atoms with van der Waals surface area (Å²) < 4.78 is 10.6. The van der Waals surface area contributed by atoms with Gasteiger partial charge in [-0.1, -0.05) is 17.6 Å². The van der Waals surface area contributed by atoms with Crippen LogP contribution in [0.5, 0.6) is 0 Å². The maximum Gasteiger partial charge on any atom is 0.306 e. The summed E-state index contributed by atoms with van der Waals surface area (Å²) in [5, 5.41) is 6.87. The van der Waals surface area contributed by atoms with Crippen molar-refractivity contribution in [2.45, 2.75) is 51.6 Å². The largest absolute Gasteiger partial charge is 0.457 e. The van der Waals surface area contributed by atoms with Crippen molar-refractivity contribution < 1.29 is 14.1 Å². The number of hydrogen-bond acceptors (Lipinski definition) is 10. The molecule has 31 heavy (non-hydrogen) atoms. The Labute approximate surface area is 186 Å². The fourth-order valence-electron chi connectivity index (χ4n) is 3.76. The zero-order valence-electron chi connectivity index (χ0n) is 16.8. The Bertz CT molecular complexity index is 1220. The zero-order valence-corrected chi connectivity index (χ0v) is 18.4. The summed E-state index contributed by atoms with van der Waals surface area (Å²) in [4.78, 5) is 28.7. The highest BCUT2D eigenvalue weighted by molar-refractivity contribution is 7.19. The van der Waals surface area contributed by atoms with Crippen LogP contribution in [0.15, 0.2) is 22.0 Å². The van der Waals surface area contributed by atoms with Gasteiger partial charge in [-0.05, 0) is 42.7 Å². The Hall–Kier alpha value is -2.85. The number of esters is 1. The lowest BCUT2D eigenvalue weighted by atomic mass is 10.1. The molecule has 0 saturated carbocycles. The number of thiophene rings is 2. The molecule has 0 aromatic carbocycles. The van der Waals surface area contributed by atoms with Gasteiger partial charge in [0.15, 0.2) is 12.4 Å². The molecule has 160 valence electrons. The molecule has 0 aliphatic heterocycles. The molecule has 8 nitrogen and oxygen atoms in total. The molecular formula is C21H21N5O3S2. The van der Waals surface area contributed by atoms with Crippen LogP contribution in [0.4, 0.5) is 5.82 Å². The van der Waals surface area contributed by atoms with Crippen LogP contribution < -0.4 is 5.73 Å². The van der Waals surface area contributed by atoms with E-state index in [1.807, 2.05) is 17.5 Å². The van der Waals surface area contributed by atoms with Crippen LogP contribution >= 0.6 is 22.7 Å². The molecule has 10 heteroatoms. The van der Waals surface area contributed by atoms with Gasteiger partial charge in [-0.15, -0.1) is 22.7 Å². The molecule has 0 bridgehead atoms. The van der Waals surface area contributed by atoms with Gasteiger partial charge in [0.05, 0.1) is 16.7 Å². The fraction of sp³-hybridized carbons (Fsp3) is 0.381. The normalized spacial score (nSPS) is 13.8. The van der Waals surface area contributed by atoms with E-state index in [1.165, 1.54) is 41.0 Å². The summed E-state index contributed by atoms with van der Waals surface area (Å²) in [5.74, 6) is 1.46. The number of carbonyl (C=O) groups is 1. The Kier molecular flexibility index (Phi) is 5.65. The third kappa shape index (κ3) is 4.31. The zero-order chi connectivity index (χ0) is 21.2. The Morgan fingerprint density at radius 2 is 2.10 bits per heavy atom. The first-order valence-corrected chi connectivity index (χ1v) is 12.0. The monoisotopic (exact) mass is 455 g/mol. The van der Waals surface area contributed by atoms with E-state index in [1.54, 1.807) is 11.3 Å². The minimum atomic E-state index is -0.375. The predicted molar refractivity (Wildman–Crippen MR) is 119 cm³/mol. The second kappa shape index (κ2) is 8.72. The van der Waals surface area contributed by atoms with Crippen LogP contribution in [-0.4, -0.2) is 26.1 Å². The molecule has 0 spiro atoms. The van der Waals surface area contributed by atoms with Gasteiger partial charge in [0.1, 0.15) is 10.6 Å². The number of hydrogen-bond donors (Lipinski definition) is 1. The van der Waals surface area contributed by atoms with Crippen LogP contribution in [0.25, 0.3) is 20.9 Å². The van der Waals surface area contributed by atoms with Crippen LogP contribution in [0.3, 0.4) is 0 Å². The van der Waals surface area contributed by atoms with E-state index in [-0.39, 0.29) is 19.0 Å². The van der Waals surface area contributed by atoms with E-state index in [9.17, 15) is 4.79 Å². The molecule has 0 amide bonds. The first-order valence-electron chi connectivity index (χ1n) is 10.3. The average molecular weight is 456 g/mol. The van der Waals surface area contributed by atoms with E-state index in [0.717, 1.165) is 27.9 Å². The second-order valence-electron chi connectivity index (χ2n) is 7.42. The topological polar surface area (TPSA) is 117 Å². The Morgan fingerprint density at radius 1 is 1.19 bits per heavy atom. The van der Waals surface area contributed by atoms with Crippen molar-refractivity contribution in [2.75, 3.05) is 5.73 Å². The number of ether oxygens (including phenoxy) is 1. The van der Waals surface area contributed by atoms with Crippen LogP contribution in [0.1, 0.15) is 47.8 Å². The molecule has 4 aromatic heterocycles. The number of aromatic nitrogens is 4. The van der Waals surface area contributed by atoms with E-state index in [2.05, 4.69) is 20.1 Å². The van der Waals surface area contributed by atoms with Crippen molar-refractivity contribution in [1.29, 1.82) is 0 Å². The van der Waals surface area contributed by atoms with Crippen LogP contribution in [0, 0.1) is 0 Å². The van der Waals surface area contributed by atoms with E-state index < -0.39 is 0 Å². The maximum absolute atomic E-state index is 12.2. The predicted octanol–water partition coefficient (Wildman–Crippen LogP) is 4.33. The number of nitrogen functional groups attached to an aromatic ring is 1. The molecule has 1 aliphatic carbocycles. The van der Waals surface area contributed by atoms with Crippen LogP contribution in [0.2, 0.25) is 0 Å². The number of nitrogens with zero attached hydrogens (tertiary/aromatic N) is 4. The molecule has 4 aromatic rings. The third-order valence-electron chi connectivity index (χ3n) is 5.25. The molecule has 0 fully saturated rings. The lowest BCUT2D eigenvalue weighted by Gasteiger charge is -2.06. The molecule has 1 aliphatic rings. The Balaban J connectivity index is 1.20. The van der Waals surface area contributed by atoms with Crippen molar-refractivity contribution >= 4 is 44.7 Å². The summed E-state index contributed by atoms with van der Waals surface area (Å²) in [7, 11) is 0. The Morgan fingerprint density at radius 3 is 2.97 bits per heavy atom. The highest BCUT2D eigenvalue weighted by Crippen LogP contribution is 2.37. The van der Waals surface area contributed by atoms with Crippen molar-refractivity contribution in [3.05, 3.63) is 39.7 Å². The lowest BCUT2D eigenvalue weighted by Crippen LogP contribution is -2.09. The van der Waals surface area contributed by atoms with Gasteiger partial charge in [-0.2, -0.15) is 4.98 Å². The molecule has 2 N–H and O–H groups in total. The number of carbonyl (C=O) groups excluding carboxylic acids is 1. The molecular weight excluding hydrogens is 434 g/mol. The van der Waals surface area contributed by atoms with Gasteiger partial charge in [0.25, 0.3) is 0 Å². The first kappa shape index (κ1) is 20.1. The SMILES string of the molecule is Nc1nc(COC(=O)CCc2nc(-c3cccs3)no2)nc2sc3c(c12)CCCCC3. The average Bonchev–Trinajstić information content (AvgIpc) is 3.48. The third-order valence-corrected chi connectivity index (χ3v) is 7.31. The number of anilines is 1. The molecule has 4 heterocycles. The summed E-state index contributed by atoms with van der Waals surface area (Å²) in [5.41, 5.74) is 7.55. The van der Waals surface area contributed by atoms with E-state index in [4.69, 9.17) is 15.0 Å². The van der Waals surface area contributed by atoms with Crippen LogP contribution in [-0.2, 0) is 35.4 Å². The number of nitrogens with two attached hydrogens (primary N) is 1. The molecule has 0 saturated heterocycles. The van der Waals surface area contributed by atoms with Crippen molar-refractivity contribution in [1.82, 2.24) is 20.1 Å². The summed E-state index contributed by atoms with van der Waals surface area (Å²) >= 11 is 3.22. The minimum Gasteiger partial charge on any atom is -0.457 e. The van der Waals surface area contributed by atoms with Gasteiger partial charge < -0.3 is 15.0 Å². The summed E-state index contributed by atoms with van der Waals surface area (Å²) in [6.45, 7) is -0.00812. The molecule has 0 radical (unpaired) electrons. The standard InChI is InChI=1S/C21H21N5O3S2/c22-19-18-12-5-2-1-3-6-13(12)31-21(18)24-15(23-19)11-28-17(27)9-8-16-25-20(26-29-16)14-7-4-10-30-14/h4,7,10H,1-3,5-6,8-9,11H2,(H2,22,23,24). The van der Waals surface area contributed by atoms with Gasteiger partial charge in [-0.3, -0.25) is 4.79 Å². The van der Waals surface area contributed by atoms with Crippen molar-refractivity contribution in [3.8, 4) is 10.7 Å². The maximum atomic E-state index is 12.2. The van der Waals surface area contributed by atoms with Gasteiger partial charge in [0.2, 0.25) is 11.7 Å². The van der Waals surface area contributed by atoms with Gasteiger partial charge in [0, 0.05) is 11.3 Å². The van der Waals surface area contributed by atoms with Gasteiger partial charge in [-0.25, -0.2) is 9.97 Å². The first-order chi connectivity index (χ1) is 15.2. The van der Waals surface area contributed by atoms with E-state index >= 15 is 0 Å². The summed E-state index contributed by atoms with van der Waals surface area (Å²) in [6, 6.07) is 3.84. The summed E-state index contributed by atoms with van der Waals surface area (Å²) in [6.07, 6.45) is 6.18. The van der Waals surface area contributed by atoms with Crippen molar-refractivity contribution in [2.24, 2.45) is 0 Å². The number of aryl methyl sites for hydroxylation is 3. The fourth-order valence-corrected chi connectivity index (χ4v) is 5.70. The lowest BCUT2D eigenvalue weighted by molar-refractivity contribution is -0.145. The number of fused-ring (bicyclic) bond motifs is 3. The minimum absolute atomic E-state index is 0.00812. The second-order valence-corrected chi connectivity index (χ2v) is 9.45. The molecule has 0 atom stereocenters. The van der Waals surface area contributed by atoms with E-state index in [0.29, 0.717) is 29.8 Å². The smallest absolute Gasteiger partial charge is 0.306 e.